The van der Waals surface area contributed by atoms with Crippen molar-refractivity contribution in [2.45, 2.75) is 25.8 Å². The first-order valence-corrected chi connectivity index (χ1v) is 4.33. The summed E-state index contributed by atoms with van der Waals surface area (Å²) in [5.41, 5.74) is 0. The van der Waals surface area contributed by atoms with E-state index < -0.39 is 0 Å². The SMILES string of the molecule is O=C(CC1CC1)NCc1nn[nH]n1. The van der Waals surface area contributed by atoms with E-state index in [0.717, 1.165) is 0 Å². The summed E-state index contributed by atoms with van der Waals surface area (Å²) < 4.78 is 0. The number of nitrogens with one attached hydrogen (secondary N) is 2. The van der Waals surface area contributed by atoms with E-state index in [1.807, 2.05) is 0 Å². The molecule has 1 aromatic rings. The number of aromatic amines is 1. The van der Waals surface area contributed by atoms with E-state index in [2.05, 4.69) is 25.9 Å². The Morgan fingerprint density at radius 1 is 1.62 bits per heavy atom. The molecule has 70 valence electrons. The van der Waals surface area contributed by atoms with Gasteiger partial charge in [0.1, 0.15) is 0 Å². The first-order chi connectivity index (χ1) is 6.34. The van der Waals surface area contributed by atoms with Crippen molar-refractivity contribution < 1.29 is 4.79 Å². The second-order valence-electron chi connectivity index (χ2n) is 3.25. The van der Waals surface area contributed by atoms with Crippen LogP contribution in [0, 0.1) is 5.92 Å². The van der Waals surface area contributed by atoms with E-state index in [1.165, 1.54) is 12.8 Å². The summed E-state index contributed by atoms with van der Waals surface area (Å²) in [4.78, 5) is 11.2. The smallest absolute Gasteiger partial charge is 0.220 e. The standard InChI is InChI=1S/C7H11N5O/c13-7(3-5-1-2-5)8-4-6-9-11-12-10-6/h5H,1-4H2,(H,8,13)(H,9,10,11,12). The lowest BCUT2D eigenvalue weighted by Gasteiger charge is -1.99. The van der Waals surface area contributed by atoms with Gasteiger partial charge < -0.3 is 5.32 Å². The summed E-state index contributed by atoms with van der Waals surface area (Å²) in [5.74, 6) is 1.21. The van der Waals surface area contributed by atoms with E-state index in [-0.39, 0.29) is 5.91 Å². The summed E-state index contributed by atoms with van der Waals surface area (Å²) in [6.07, 6.45) is 3.02. The van der Waals surface area contributed by atoms with Gasteiger partial charge in [0.25, 0.3) is 0 Å². The molecule has 13 heavy (non-hydrogen) atoms. The van der Waals surface area contributed by atoms with Gasteiger partial charge in [-0.05, 0) is 18.8 Å². The molecule has 1 aliphatic rings. The van der Waals surface area contributed by atoms with Crippen LogP contribution in [0.1, 0.15) is 25.1 Å². The molecule has 0 radical (unpaired) electrons. The molecule has 2 rings (SSSR count). The Hall–Kier alpha value is -1.46. The number of aromatic nitrogens is 4. The Morgan fingerprint density at radius 2 is 2.46 bits per heavy atom. The second-order valence-corrected chi connectivity index (χ2v) is 3.25. The molecule has 1 fully saturated rings. The average molecular weight is 181 g/mol. The van der Waals surface area contributed by atoms with Crippen molar-refractivity contribution >= 4 is 5.91 Å². The van der Waals surface area contributed by atoms with E-state index >= 15 is 0 Å². The third-order valence-electron chi connectivity index (χ3n) is 2.00. The molecule has 2 N–H and O–H groups in total. The molecule has 1 heterocycles. The van der Waals surface area contributed by atoms with Crippen molar-refractivity contribution in [3.05, 3.63) is 5.82 Å². The van der Waals surface area contributed by atoms with Crippen molar-refractivity contribution in [3.63, 3.8) is 0 Å². The topological polar surface area (TPSA) is 83.6 Å². The van der Waals surface area contributed by atoms with Gasteiger partial charge in [-0.15, -0.1) is 10.2 Å². The molecule has 1 amide bonds. The number of hydrogen-bond donors (Lipinski definition) is 2. The van der Waals surface area contributed by atoms with Gasteiger partial charge in [0.15, 0.2) is 5.82 Å². The summed E-state index contributed by atoms with van der Waals surface area (Å²) >= 11 is 0. The maximum Gasteiger partial charge on any atom is 0.220 e. The Morgan fingerprint density at radius 3 is 3.08 bits per heavy atom. The summed E-state index contributed by atoms with van der Waals surface area (Å²) in [7, 11) is 0. The second kappa shape index (κ2) is 3.51. The summed E-state index contributed by atoms with van der Waals surface area (Å²) in [6, 6.07) is 0. The molecule has 6 nitrogen and oxygen atoms in total. The molecule has 1 saturated carbocycles. The molecule has 1 aliphatic carbocycles. The fourth-order valence-corrected chi connectivity index (χ4v) is 1.09. The van der Waals surface area contributed by atoms with Crippen LogP contribution in [-0.2, 0) is 11.3 Å². The predicted octanol–water partition coefficient (Wildman–Crippen LogP) is -0.384. The maximum atomic E-state index is 11.2. The van der Waals surface area contributed by atoms with Gasteiger partial charge in [-0.2, -0.15) is 5.21 Å². The highest BCUT2D eigenvalue weighted by Gasteiger charge is 2.24. The predicted molar refractivity (Wildman–Crippen MR) is 43.4 cm³/mol. The van der Waals surface area contributed by atoms with E-state index in [0.29, 0.717) is 24.7 Å². The molecule has 0 bridgehead atoms. The molecule has 0 unspecified atom stereocenters. The molecule has 0 spiro atoms. The van der Waals surface area contributed by atoms with E-state index in [1.54, 1.807) is 0 Å². The molecule has 1 aromatic heterocycles. The Balaban J connectivity index is 1.69. The number of carbonyl (C=O) groups excluding carboxylic acids is 1. The van der Waals surface area contributed by atoms with Gasteiger partial charge >= 0.3 is 0 Å². The fraction of sp³-hybridized carbons (Fsp3) is 0.714. The van der Waals surface area contributed by atoms with Crippen LogP contribution in [0.4, 0.5) is 0 Å². The lowest BCUT2D eigenvalue weighted by molar-refractivity contribution is -0.121. The first kappa shape index (κ1) is 8.15. The number of hydrogen-bond acceptors (Lipinski definition) is 4. The third kappa shape index (κ3) is 2.50. The number of carbonyl (C=O) groups is 1. The average Bonchev–Trinajstić information content (AvgIpc) is 2.78. The van der Waals surface area contributed by atoms with E-state index in [9.17, 15) is 4.79 Å². The zero-order valence-corrected chi connectivity index (χ0v) is 7.16. The monoisotopic (exact) mass is 181 g/mol. The normalized spacial score (nSPS) is 15.7. The lowest BCUT2D eigenvalue weighted by Crippen LogP contribution is -2.23. The van der Waals surface area contributed by atoms with Crippen LogP contribution in [0.2, 0.25) is 0 Å². The highest BCUT2D eigenvalue weighted by Crippen LogP contribution is 2.31. The van der Waals surface area contributed by atoms with Gasteiger partial charge in [0.2, 0.25) is 5.91 Å². The van der Waals surface area contributed by atoms with Crippen molar-refractivity contribution in [2.24, 2.45) is 5.92 Å². The number of H-pyrrole nitrogens is 1. The zero-order valence-electron chi connectivity index (χ0n) is 7.16. The Labute approximate surface area is 75.1 Å². The minimum Gasteiger partial charge on any atom is -0.349 e. The Bertz CT molecular complexity index is 279. The number of tetrazole rings is 1. The lowest BCUT2D eigenvalue weighted by atomic mass is 10.3. The third-order valence-corrected chi connectivity index (χ3v) is 2.00. The van der Waals surface area contributed by atoms with E-state index in [4.69, 9.17) is 0 Å². The molecule has 0 aliphatic heterocycles. The molecular formula is C7H11N5O. The fourth-order valence-electron chi connectivity index (χ4n) is 1.09. The summed E-state index contributed by atoms with van der Waals surface area (Å²) in [6.45, 7) is 0.363. The van der Waals surface area contributed by atoms with Crippen LogP contribution in [0.25, 0.3) is 0 Å². The Kier molecular flexibility index (Phi) is 2.20. The first-order valence-electron chi connectivity index (χ1n) is 4.33. The number of amides is 1. The molecule has 0 saturated heterocycles. The molecule has 6 heteroatoms. The van der Waals surface area contributed by atoms with Crippen LogP contribution in [0.15, 0.2) is 0 Å². The summed E-state index contributed by atoms with van der Waals surface area (Å²) in [5, 5.41) is 15.9. The van der Waals surface area contributed by atoms with Crippen molar-refractivity contribution in [1.29, 1.82) is 0 Å². The van der Waals surface area contributed by atoms with Crippen LogP contribution in [0.3, 0.4) is 0 Å². The van der Waals surface area contributed by atoms with Crippen LogP contribution < -0.4 is 5.32 Å². The molecule has 0 aromatic carbocycles. The highest BCUT2D eigenvalue weighted by atomic mass is 16.1. The van der Waals surface area contributed by atoms with Crippen molar-refractivity contribution in [2.75, 3.05) is 0 Å². The van der Waals surface area contributed by atoms with Crippen molar-refractivity contribution in [3.8, 4) is 0 Å². The zero-order chi connectivity index (χ0) is 9.10. The van der Waals surface area contributed by atoms with Crippen molar-refractivity contribution in [1.82, 2.24) is 25.9 Å². The number of nitrogens with zero attached hydrogens (tertiary/aromatic N) is 3. The number of rotatable bonds is 4. The largest absolute Gasteiger partial charge is 0.349 e. The van der Waals surface area contributed by atoms with Gasteiger partial charge in [0, 0.05) is 6.42 Å². The van der Waals surface area contributed by atoms with Crippen LogP contribution in [-0.4, -0.2) is 26.5 Å². The van der Waals surface area contributed by atoms with Gasteiger partial charge in [-0.1, -0.05) is 5.21 Å². The van der Waals surface area contributed by atoms with Gasteiger partial charge in [-0.3, -0.25) is 4.79 Å². The quantitative estimate of drug-likeness (QED) is 0.663. The van der Waals surface area contributed by atoms with Crippen LogP contribution >= 0.6 is 0 Å². The van der Waals surface area contributed by atoms with Crippen LogP contribution in [0.5, 0.6) is 0 Å². The highest BCUT2D eigenvalue weighted by molar-refractivity contribution is 5.76. The molecule has 0 atom stereocenters. The molecular weight excluding hydrogens is 170 g/mol. The minimum absolute atomic E-state index is 0.0762. The maximum absolute atomic E-state index is 11.2. The minimum atomic E-state index is 0.0762. The van der Waals surface area contributed by atoms with Gasteiger partial charge in [0.05, 0.1) is 6.54 Å². The van der Waals surface area contributed by atoms with Gasteiger partial charge in [-0.25, -0.2) is 0 Å².